The van der Waals surface area contributed by atoms with Crippen molar-refractivity contribution in [1.82, 2.24) is 0 Å². The van der Waals surface area contributed by atoms with Crippen molar-refractivity contribution in [1.29, 1.82) is 0 Å². The lowest BCUT2D eigenvalue weighted by Gasteiger charge is -2.29. The standard InChI is InChI=1S/C25H26ClFO/c1-3-25(2,20-9-11-21(26)12-10-20)17-5-7-19-6-4-8-24(18-19)28-23-15-13-22(27)14-16-23/h4,6,8-16,18H,3,5,7,17H2,1-2H3. The van der Waals surface area contributed by atoms with Gasteiger partial charge in [0.15, 0.2) is 0 Å². The van der Waals surface area contributed by atoms with Gasteiger partial charge < -0.3 is 4.74 Å². The number of ether oxygens (including phenoxy) is 1. The molecule has 0 saturated carbocycles. The van der Waals surface area contributed by atoms with Gasteiger partial charge >= 0.3 is 0 Å². The van der Waals surface area contributed by atoms with Crippen LogP contribution in [0.25, 0.3) is 0 Å². The third-order valence-corrected chi connectivity index (χ3v) is 5.72. The van der Waals surface area contributed by atoms with Gasteiger partial charge in [0, 0.05) is 5.02 Å². The van der Waals surface area contributed by atoms with Crippen molar-refractivity contribution >= 4 is 11.6 Å². The second-order valence-electron chi connectivity index (χ2n) is 7.48. The number of rotatable bonds is 8. The average molecular weight is 397 g/mol. The van der Waals surface area contributed by atoms with E-state index in [1.807, 2.05) is 24.3 Å². The summed E-state index contributed by atoms with van der Waals surface area (Å²) in [6.07, 6.45) is 4.27. The van der Waals surface area contributed by atoms with Crippen LogP contribution in [0.5, 0.6) is 11.5 Å². The average Bonchev–Trinajstić information content (AvgIpc) is 2.70. The highest BCUT2D eigenvalue weighted by Gasteiger charge is 2.23. The van der Waals surface area contributed by atoms with Gasteiger partial charge in [0.25, 0.3) is 0 Å². The van der Waals surface area contributed by atoms with Crippen molar-refractivity contribution < 1.29 is 9.13 Å². The van der Waals surface area contributed by atoms with Crippen LogP contribution < -0.4 is 4.74 Å². The predicted molar refractivity (Wildman–Crippen MR) is 115 cm³/mol. The van der Waals surface area contributed by atoms with Crippen LogP contribution in [0, 0.1) is 5.82 Å². The van der Waals surface area contributed by atoms with E-state index >= 15 is 0 Å². The van der Waals surface area contributed by atoms with Crippen LogP contribution in [0.2, 0.25) is 5.02 Å². The second kappa shape index (κ2) is 9.25. The van der Waals surface area contributed by atoms with E-state index in [0.717, 1.165) is 36.5 Å². The molecule has 0 heterocycles. The molecule has 1 nitrogen and oxygen atoms in total. The Bertz CT molecular complexity index is 889. The Morgan fingerprint density at radius 1 is 0.929 bits per heavy atom. The first kappa shape index (κ1) is 20.4. The topological polar surface area (TPSA) is 9.23 Å². The summed E-state index contributed by atoms with van der Waals surface area (Å²) in [5, 5.41) is 0.778. The molecular formula is C25H26ClFO. The Morgan fingerprint density at radius 3 is 2.32 bits per heavy atom. The third-order valence-electron chi connectivity index (χ3n) is 5.46. The molecule has 0 saturated heterocycles. The van der Waals surface area contributed by atoms with Crippen molar-refractivity contribution in [2.75, 3.05) is 0 Å². The smallest absolute Gasteiger partial charge is 0.127 e. The van der Waals surface area contributed by atoms with E-state index in [1.54, 1.807) is 12.1 Å². The SMILES string of the molecule is CCC(C)(CCCc1cccc(Oc2ccc(F)cc2)c1)c1ccc(Cl)cc1. The fourth-order valence-corrected chi connectivity index (χ4v) is 3.59. The van der Waals surface area contributed by atoms with Crippen LogP contribution in [0.15, 0.2) is 72.8 Å². The first-order valence-corrected chi connectivity index (χ1v) is 10.1. The molecule has 0 amide bonds. The fourth-order valence-electron chi connectivity index (χ4n) is 3.46. The zero-order valence-corrected chi connectivity index (χ0v) is 17.2. The molecule has 0 radical (unpaired) electrons. The third kappa shape index (κ3) is 5.36. The molecule has 0 N–H and O–H groups in total. The monoisotopic (exact) mass is 396 g/mol. The number of hydrogen-bond acceptors (Lipinski definition) is 1. The van der Waals surface area contributed by atoms with E-state index in [9.17, 15) is 4.39 Å². The lowest BCUT2D eigenvalue weighted by atomic mass is 9.76. The first-order valence-electron chi connectivity index (χ1n) is 9.77. The molecule has 0 bridgehead atoms. The van der Waals surface area contributed by atoms with Crippen molar-refractivity contribution in [2.45, 2.75) is 44.9 Å². The molecular weight excluding hydrogens is 371 g/mol. The van der Waals surface area contributed by atoms with Gasteiger partial charge in [0.2, 0.25) is 0 Å². The Labute approximate surface area is 172 Å². The van der Waals surface area contributed by atoms with Crippen molar-refractivity contribution in [3.8, 4) is 11.5 Å². The maximum Gasteiger partial charge on any atom is 0.127 e. The van der Waals surface area contributed by atoms with Crippen molar-refractivity contribution in [3.63, 3.8) is 0 Å². The molecule has 28 heavy (non-hydrogen) atoms. The molecule has 146 valence electrons. The van der Waals surface area contributed by atoms with E-state index in [4.69, 9.17) is 16.3 Å². The molecule has 0 aromatic heterocycles. The lowest BCUT2D eigenvalue weighted by molar-refractivity contribution is 0.405. The van der Waals surface area contributed by atoms with Crippen LogP contribution in [0.3, 0.4) is 0 Å². The van der Waals surface area contributed by atoms with E-state index < -0.39 is 0 Å². The highest BCUT2D eigenvalue weighted by Crippen LogP contribution is 2.34. The van der Waals surface area contributed by atoms with Crippen LogP contribution >= 0.6 is 11.6 Å². The molecule has 3 aromatic rings. The van der Waals surface area contributed by atoms with Crippen LogP contribution in [0.1, 0.15) is 44.2 Å². The Morgan fingerprint density at radius 2 is 1.64 bits per heavy atom. The minimum absolute atomic E-state index is 0.146. The molecule has 0 aliphatic heterocycles. The highest BCUT2D eigenvalue weighted by molar-refractivity contribution is 6.30. The fraction of sp³-hybridized carbons (Fsp3) is 0.280. The van der Waals surface area contributed by atoms with Gasteiger partial charge in [-0.3, -0.25) is 0 Å². The number of halogens is 2. The second-order valence-corrected chi connectivity index (χ2v) is 7.91. The summed E-state index contributed by atoms with van der Waals surface area (Å²) in [6.45, 7) is 4.57. The van der Waals surface area contributed by atoms with Gasteiger partial charge in [-0.05, 0) is 90.8 Å². The summed E-state index contributed by atoms with van der Waals surface area (Å²) in [5.41, 5.74) is 2.73. The molecule has 0 fully saturated rings. The molecule has 3 rings (SSSR count). The van der Waals surface area contributed by atoms with E-state index in [-0.39, 0.29) is 11.2 Å². The predicted octanol–water partition coefficient (Wildman–Crippen LogP) is 7.96. The van der Waals surface area contributed by atoms with Gasteiger partial charge in [-0.2, -0.15) is 0 Å². The van der Waals surface area contributed by atoms with Gasteiger partial charge in [-0.1, -0.05) is 49.7 Å². The Kier molecular flexibility index (Phi) is 6.74. The van der Waals surface area contributed by atoms with Gasteiger partial charge in [-0.15, -0.1) is 0 Å². The number of benzene rings is 3. The normalized spacial score (nSPS) is 13.1. The summed E-state index contributed by atoms with van der Waals surface area (Å²) >= 11 is 6.04. The molecule has 3 heteroatoms. The molecule has 0 spiro atoms. The Balaban J connectivity index is 1.61. The number of hydrogen-bond donors (Lipinski definition) is 0. The molecule has 3 aromatic carbocycles. The Hall–Kier alpha value is -2.32. The van der Waals surface area contributed by atoms with E-state index in [1.165, 1.54) is 23.3 Å². The largest absolute Gasteiger partial charge is 0.457 e. The van der Waals surface area contributed by atoms with Crippen LogP contribution in [-0.2, 0) is 11.8 Å². The quantitative estimate of drug-likeness (QED) is 0.375. The van der Waals surface area contributed by atoms with Crippen molar-refractivity contribution in [2.24, 2.45) is 0 Å². The minimum Gasteiger partial charge on any atom is -0.457 e. The van der Waals surface area contributed by atoms with Gasteiger partial charge in [0.1, 0.15) is 17.3 Å². The summed E-state index contributed by atoms with van der Waals surface area (Å²) in [4.78, 5) is 0. The molecule has 0 aliphatic rings. The summed E-state index contributed by atoms with van der Waals surface area (Å²) in [5.74, 6) is 1.15. The van der Waals surface area contributed by atoms with Gasteiger partial charge in [-0.25, -0.2) is 4.39 Å². The highest BCUT2D eigenvalue weighted by atomic mass is 35.5. The summed E-state index contributed by atoms with van der Waals surface area (Å²) in [7, 11) is 0. The maximum atomic E-state index is 13.0. The number of aryl methyl sites for hydroxylation is 1. The van der Waals surface area contributed by atoms with E-state index in [0.29, 0.717) is 5.75 Å². The molecule has 1 unspecified atom stereocenters. The van der Waals surface area contributed by atoms with Crippen LogP contribution in [0.4, 0.5) is 4.39 Å². The van der Waals surface area contributed by atoms with Crippen LogP contribution in [-0.4, -0.2) is 0 Å². The molecule has 0 aliphatic carbocycles. The zero-order chi connectivity index (χ0) is 20.0. The maximum absolute atomic E-state index is 13.0. The molecule has 1 atom stereocenters. The zero-order valence-electron chi connectivity index (χ0n) is 16.4. The first-order chi connectivity index (χ1) is 13.5. The van der Waals surface area contributed by atoms with Crippen molar-refractivity contribution in [3.05, 3.63) is 94.8 Å². The summed E-state index contributed by atoms with van der Waals surface area (Å²) in [6, 6.07) is 22.4. The summed E-state index contributed by atoms with van der Waals surface area (Å²) < 4.78 is 18.9. The lowest BCUT2D eigenvalue weighted by Crippen LogP contribution is -2.21. The minimum atomic E-state index is -0.263. The van der Waals surface area contributed by atoms with Gasteiger partial charge in [0.05, 0.1) is 0 Å². The van der Waals surface area contributed by atoms with E-state index in [2.05, 4.69) is 38.1 Å².